The van der Waals surface area contributed by atoms with E-state index in [1.807, 2.05) is 6.08 Å². The van der Waals surface area contributed by atoms with Crippen LogP contribution in [0.1, 0.15) is 114 Å². The molecule has 0 aromatic heterocycles. The minimum Gasteiger partial charge on any atom is -0.303 e. The molecule has 2 nitrogen and oxygen atoms in total. The van der Waals surface area contributed by atoms with E-state index >= 15 is 0 Å². The molecule has 4 rings (SSSR count). The van der Waals surface area contributed by atoms with Gasteiger partial charge in [0.1, 0.15) is 0 Å². The van der Waals surface area contributed by atoms with Gasteiger partial charge >= 0.3 is 0 Å². The van der Waals surface area contributed by atoms with Gasteiger partial charge in [-0.15, -0.1) is 6.58 Å². The summed E-state index contributed by atoms with van der Waals surface area (Å²) < 4.78 is 0. The number of rotatable bonds is 12. The predicted octanol–water partition coefficient (Wildman–Crippen LogP) is 8.90. The van der Waals surface area contributed by atoms with Crippen molar-refractivity contribution in [1.82, 2.24) is 10.4 Å². The van der Waals surface area contributed by atoms with Gasteiger partial charge < -0.3 is 5.43 Å². The van der Waals surface area contributed by atoms with Gasteiger partial charge in [-0.25, -0.2) is 0 Å². The van der Waals surface area contributed by atoms with Gasteiger partial charge in [-0.05, 0) is 85.7 Å². The molecule has 0 bridgehead atoms. The molecule has 3 aliphatic rings. The highest BCUT2D eigenvalue weighted by Gasteiger charge is 2.42. The Balaban J connectivity index is 1.49. The van der Waals surface area contributed by atoms with Crippen molar-refractivity contribution < 1.29 is 0 Å². The molecule has 1 N–H and O–H groups in total. The Labute approximate surface area is 209 Å². The first-order valence-corrected chi connectivity index (χ1v) is 14.1. The van der Waals surface area contributed by atoms with E-state index in [1.165, 1.54) is 75.3 Å². The average Bonchev–Trinajstić information content (AvgIpc) is 3.12. The summed E-state index contributed by atoms with van der Waals surface area (Å²) in [6.07, 6.45) is 19.2. The highest BCUT2D eigenvalue weighted by atomic mass is 15.5. The van der Waals surface area contributed by atoms with E-state index in [0.29, 0.717) is 5.41 Å². The van der Waals surface area contributed by atoms with E-state index < -0.39 is 0 Å². The molecule has 0 spiro atoms. The van der Waals surface area contributed by atoms with Crippen LogP contribution < -0.4 is 5.43 Å². The normalized spacial score (nSPS) is 24.3. The molecule has 34 heavy (non-hydrogen) atoms. The summed E-state index contributed by atoms with van der Waals surface area (Å²) in [5.74, 6) is 2.74. The van der Waals surface area contributed by atoms with Crippen molar-refractivity contribution in [1.29, 1.82) is 0 Å². The van der Waals surface area contributed by atoms with Crippen molar-refractivity contribution in [3.8, 4) is 0 Å². The van der Waals surface area contributed by atoms with Gasteiger partial charge in [0.25, 0.3) is 0 Å². The number of nitrogens with one attached hydrogen (secondary N) is 1. The molecular formula is C32H48N2. The number of nitrogens with zero attached hydrogens (tertiary/aromatic N) is 1. The molecule has 1 unspecified atom stereocenters. The van der Waals surface area contributed by atoms with Crippen molar-refractivity contribution in [3.05, 3.63) is 66.4 Å². The zero-order valence-electron chi connectivity index (χ0n) is 22.0. The van der Waals surface area contributed by atoms with Gasteiger partial charge in [0.05, 0.1) is 12.2 Å². The Morgan fingerprint density at radius 3 is 2.65 bits per heavy atom. The van der Waals surface area contributed by atoms with Crippen molar-refractivity contribution in [2.45, 2.75) is 109 Å². The van der Waals surface area contributed by atoms with Gasteiger partial charge in [-0.2, -0.15) is 0 Å². The van der Waals surface area contributed by atoms with Gasteiger partial charge in [0.15, 0.2) is 0 Å². The van der Waals surface area contributed by atoms with Crippen LogP contribution in [-0.4, -0.2) is 5.01 Å². The summed E-state index contributed by atoms with van der Waals surface area (Å²) >= 11 is 0. The zero-order chi connectivity index (χ0) is 24.1. The quantitative estimate of drug-likeness (QED) is 0.247. The second-order valence-corrected chi connectivity index (χ2v) is 11.7. The fraction of sp³-hybridized carbons (Fsp3) is 0.625. The largest absolute Gasteiger partial charge is 0.303 e. The minimum atomic E-state index is 0.299. The molecule has 2 fully saturated rings. The van der Waals surface area contributed by atoms with Crippen LogP contribution in [0.4, 0.5) is 0 Å². The third-order valence-corrected chi connectivity index (χ3v) is 9.16. The molecule has 0 amide bonds. The van der Waals surface area contributed by atoms with Crippen LogP contribution in [0.3, 0.4) is 0 Å². The molecule has 1 aromatic carbocycles. The Morgan fingerprint density at radius 1 is 1.18 bits per heavy atom. The van der Waals surface area contributed by atoms with Crippen LogP contribution in [0.25, 0.3) is 5.70 Å². The summed E-state index contributed by atoms with van der Waals surface area (Å²) in [7, 11) is 0. The van der Waals surface area contributed by atoms with E-state index in [-0.39, 0.29) is 0 Å². The van der Waals surface area contributed by atoms with E-state index in [9.17, 15) is 0 Å². The molecular weight excluding hydrogens is 412 g/mol. The smallest absolute Gasteiger partial charge is 0.0651 e. The third kappa shape index (κ3) is 5.47. The Hall–Kier alpha value is -1.96. The number of hydrazine groups is 1. The molecule has 2 heteroatoms. The summed E-state index contributed by atoms with van der Waals surface area (Å²) in [5, 5.41) is 2.20. The molecule has 186 valence electrons. The maximum atomic E-state index is 4.41. The van der Waals surface area contributed by atoms with Crippen LogP contribution in [-0.2, 0) is 12.0 Å². The molecule has 1 aliphatic heterocycles. The molecule has 1 aromatic rings. The lowest BCUT2D eigenvalue weighted by molar-refractivity contribution is 0.103. The predicted molar refractivity (Wildman–Crippen MR) is 147 cm³/mol. The summed E-state index contributed by atoms with van der Waals surface area (Å²) in [6, 6.07) is 7.35. The van der Waals surface area contributed by atoms with Crippen LogP contribution in [0.2, 0.25) is 0 Å². The third-order valence-electron chi connectivity index (χ3n) is 9.16. The number of allylic oxidation sites excluding steroid dienone is 2. The molecule has 0 saturated heterocycles. The maximum absolute atomic E-state index is 4.41. The first kappa shape index (κ1) is 25.1. The number of unbranched alkanes of at least 4 members (excludes halogenated alkanes) is 1. The van der Waals surface area contributed by atoms with E-state index in [1.54, 1.807) is 5.56 Å². The number of benzene rings is 1. The first-order chi connectivity index (χ1) is 16.4. The Kier molecular flexibility index (Phi) is 8.27. The zero-order valence-corrected chi connectivity index (χ0v) is 22.0. The van der Waals surface area contributed by atoms with Crippen molar-refractivity contribution in [2.24, 2.45) is 17.8 Å². The van der Waals surface area contributed by atoms with E-state index in [4.69, 9.17) is 0 Å². The second-order valence-electron chi connectivity index (χ2n) is 11.7. The van der Waals surface area contributed by atoms with Crippen LogP contribution in [0, 0.1) is 17.8 Å². The van der Waals surface area contributed by atoms with Crippen LogP contribution in [0.5, 0.6) is 0 Å². The molecule has 2 aliphatic carbocycles. The second kappa shape index (κ2) is 11.2. The lowest BCUT2D eigenvalue weighted by Crippen LogP contribution is -2.39. The number of hydrogen-bond acceptors (Lipinski definition) is 2. The Bertz CT molecular complexity index is 871. The van der Waals surface area contributed by atoms with Crippen LogP contribution in [0.15, 0.2) is 49.7 Å². The monoisotopic (exact) mass is 460 g/mol. The van der Waals surface area contributed by atoms with Gasteiger partial charge in [0.2, 0.25) is 0 Å². The molecule has 0 radical (unpaired) electrons. The average molecular weight is 461 g/mol. The Morgan fingerprint density at radius 2 is 1.94 bits per heavy atom. The SMILES string of the molecule is C=CCCCC(=C)NN1Cc2cc(C(C)(CC3CC(CCC)C3)C3CCCCC3)ccc2C1=C. The highest BCUT2D eigenvalue weighted by molar-refractivity contribution is 5.69. The van der Waals surface area contributed by atoms with Gasteiger partial charge in [0, 0.05) is 11.3 Å². The van der Waals surface area contributed by atoms with E-state index in [2.05, 4.69) is 62.2 Å². The molecule has 2 saturated carbocycles. The highest BCUT2D eigenvalue weighted by Crippen LogP contribution is 2.51. The van der Waals surface area contributed by atoms with E-state index in [0.717, 1.165) is 55.0 Å². The summed E-state index contributed by atoms with van der Waals surface area (Å²) in [4.78, 5) is 0. The maximum Gasteiger partial charge on any atom is 0.0651 e. The number of hydrogen-bond donors (Lipinski definition) is 1. The fourth-order valence-electron chi connectivity index (χ4n) is 7.13. The fourth-order valence-corrected chi connectivity index (χ4v) is 7.13. The summed E-state index contributed by atoms with van der Waals surface area (Å²) in [6.45, 7) is 18.3. The van der Waals surface area contributed by atoms with Crippen molar-refractivity contribution in [3.63, 3.8) is 0 Å². The number of fused-ring (bicyclic) bond motifs is 1. The minimum absolute atomic E-state index is 0.299. The van der Waals surface area contributed by atoms with Crippen molar-refractivity contribution >= 4 is 5.70 Å². The molecule has 1 atom stereocenters. The lowest BCUT2D eigenvalue weighted by atomic mass is 9.58. The van der Waals surface area contributed by atoms with Gasteiger partial charge in [-0.1, -0.05) is 83.4 Å². The van der Waals surface area contributed by atoms with Crippen molar-refractivity contribution in [2.75, 3.05) is 0 Å². The standard InChI is InChI=1S/C32H48N2/c1-6-8-10-14-24(3)33-34-23-28-21-30(17-18-31(28)25(34)4)32(5,29-15-11-9-12-16-29)22-27-19-26(20-27)13-7-2/h6,17-18,21,26-27,29,33H,1,3-4,7-16,19-20,22-23H2,2,5H3. The van der Waals surface area contributed by atoms with Crippen LogP contribution >= 0.6 is 0 Å². The topological polar surface area (TPSA) is 15.3 Å². The molecule has 1 heterocycles. The first-order valence-electron chi connectivity index (χ1n) is 14.1. The summed E-state index contributed by atoms with van der Waals surface area (Å²) in [5.41, 5.74) is 10.3. The van der Waals surface area contributed by atoms with Gasteiger partial charge in [-0.3, -0.25) is 5.01 Å². The lowest BCUT2D eigenvalue weighted by Gasteiger charge is -2.47.